The number of aromatic nitrogens is 1. The lowest BCUT2D eigenvalue weighted by atomic mass is 10.1. The number of carbonyl (C=O) groups is 1. The largest absolute Gasteiger partial charge is 0.361 e. The average Bonchev–Trinajstić information content (AvgIpc) is 2.76. The summed E-state index contributed by atoms with van der Waals surface area (Å²) < 4.78 is 17.7. The molecule has 0 fully saturated rings. The fourth-order valence-electron chi connectivity index (χ4n) is 1.39. The van der Waals surface area contributed by atoms with E-state index in [1.165, 1.54) is 12.1 Å². The molecule has 2 aromatic rings. The maximum Gasteiger partial charge on any atom is 0.137 e. The van der Waals surface area contributed by atoms with Gasteiger partial charge in [-0.05, 0) is 24.3 Å². The fraction of sp³-hybridized carbons (Fsp3) is 0.167. The molecule has 0 radical (unpaired) electrons. The van der Waals surface area contributed by atoms with E-state index in [9.17, 15) is 9.18 Å². The second kappa shape index (κ2) is 4.70. The van der Waals surface area contributed by atoms with E-state index in [0.717, 1.165) is 11.8 Å². The summed E-state index contributed by atoms with van der Waals surface area (Å²) >= 11 is 0. The highest BCUT2D eigenvalue weighted by atomic mass is 19.1. The lowest BCUT2D eigenvalue weighted by Gasteiger charge is -1.93. The average molecular weight is 219 g/mol. The van der Waals surface area contributed by atoms with Crippen LogP contribution in [-0.2, 0) is 11.2 Å². The van der Waals surface area contributed by atoms with Crippen molar-refractivity contribution >= 4 is 6.29 Å². The molecule has 0 bridgehead atoms. The van der Waals surface area contributed by atoms with Crippen molar-refractivity contribution in [2.24, 2.45) is 0 Å². The lowest BCUT2D eigenvalue weighted by Crippen LogP contribution is -1.81. The van der Waals surface area contributed by atoms with Crippen molar-refractivity contribution in [2.75, 3.05) is 0 Å². The molecule has 0 unspecified atom stereocenters. The Morgan fingerprint density at radius 3 is 2.75 bits per heavy atom. The van der Waals surface area contributed by atoms with Crippen LogP contribution >= 0.6 is 0 Å². The van der Waals surface area contributed by atoms with Crippen LogP contribution in [0.15, 0.2) is 34.9 Å². The number of rotatable bonds is 4. The van der Waals surface area contributed by atoms with Crippen LogP contribution in [0.5, 0.6) is 0 Å². The van der Waals surface area contributed by atoms with Crippen LogP contribution in [0, 0.1) is 5.82 Å². The van der Waals surface area contributed by atoms with Crippen molar-refractivity contribution in [1.29, 1.82) is 0 Å². The summed E-state index contributed by atoms with van der Waals surface area (Å²) in [6.07, 6.45) is 1.79. The highest BCUT2D eigenvalue weighted by Gasteiger charge is 2.06. The zero-order valence-corrected chi connectivity index (χ0v) is 8.52. The Morgan fingerprint density at radius 1 is 1.31 bits per heavy atom. The Balaban J connectivity index is 2.17. The van der Waals surface area contributed by atoms with Gasteiger partial charge < -0.3 is 9.32 Å². The van der Waals surface area contributed by atoms with Gasteiger partial charge >= 0.3 is 0 Å². The number of nitrogens with zero attached hydrogens (tertiary/aromatic N) is 1. The Morgan fingerprint density at radius 2 is 2.06 bits per heavy atom. The zero-order chi connectivity index (χ0) is 11.4. The second-order valence-electron chi connectivity index (χ2n) is 3.39. The second-order valence-corrected chi connectivity index (χ2v) is 3.39. The molecular weight excluding hydrogens is 209 g/mol. The summed E-state index contributed by atoms with van der Waals surface area (Å²) in [5, 5.41) is 3.86. The Labute approximate surface area is 91.9 Å². The molecule has 1 aromatic heterocycles. The van der Waals surface area contributed by atoms with Crippen LogP contribution in [0.3, 0.4) is 0 Å². The van der Waals surface area contributed by atoms with Gasteiger partial charge in [-0.25, -0.2) is 4.39 Å². The van der Waals surface area contributed by atoms with Gasteiger partial charge in [-0.2, -0.15) is 0 Å². The van der Waals surface area contributed by atoms with E-state index < -0.39 is 0 Å². The van der Waals surface area contributed by atoms with E-state index in [1.807, 2.05) is 0 Å². The van der Waals surface area contributed by atoms with Crippen LogP contribution in [0.2, 0.25) is 0 Å². The monoisotopic (exact) mass is 219 g/mol. The zero-order valence-electron chi connectivity index (χ0n) is 8.52. The van der Waals surface area contributed by atoms with E-state index in [4.69, 9.17) is 4.52 Å². The summed E-state index contributed by atoms with van der Waals surface area (Å²) in [4.78, 5) is 10.2. The molecule has 2 rings (SSSR count). The van der Waals surface area contributed by atoms with Crippen molar-refractivity contribution in [3.63, 3.8) is 0 Å². The maximum absolute atomic E-state index is 12.7. The minimum Gasteiger partial charge on any atom is -0.361 e. The molecule has 0 aliphatic carbocycles. The number of benzene rings is 1. The number of hydrogen-bond acceptors (Lipinski definition) is 3. The first-order chi connectivity index (χ1) is 7.79. The molecule has 82 valence electrons. The molecule has 1 aromatic carbocycles. The summed E-state index contributed by atoms with van der Waals surface area (Å²) in [5.74, 6) is 0.375. The number of aryl methyl sites for hydroxylation is 1. The first kappa shape index (κ1) is 10.5. The first-order valence-corrected chi connectivity index (χ1v) is 4.95. The highest BCUT2D eigenvalue weighted by Crippen LogP contribution is 2.19. The summed E-state index contributed by atoms with van der Waals surface area (Å²) in [5.41, 5.74) is 1.45. The summed E-state index contributed by atoms with van der Waals surface area (Å²) in [6, 6.07) is 7.77. The van der Waals surface area contributed by atoms with Crippen LogP contribution < -0.4 is 0 Å². The van der Waals surface area contributed by atoms with Crippen LogP contribution in [0.4, 0.5) is 4.39 Å². The van der Waals surface area contributed by atoms with Crippen molar-refractivity contribution in [3.8, 4) is 11.3 Å². The number of aldehydes is 1. The number of carbonyl (C=O) groups excluding carboxylic acids is 1. The first-order valence-electron chi connectivity index (χ1n) is 4.95. The minimum absolute atomic E-state index is 0.284. The molecule has 0 N–H and O–H groups in total. The SMILES string of the molecule is O=CCCc1cc(-c2ccc(F)cc2)no1. The Kier molecular flexibility index (Phi) is 3.10. The van der Waals surface area contributed by atoms with Gasteiger partial charge in [0.2, 0.25) is 0 Å². The molecular formula is C12H10FNO2. The van der Waals surface area contributed by atoms with Gasteiger partial charge in [0.25, 0.3) is 0 Å². The Bertz CT molecular complexity index is 476. The molecule has 3 nitrogen and oxygen atoms in total. The van der Waals surface area contributed by atoms with Crippen LogP contribution in [0.25, 0.3) is 11.3 Å². The normalized spacial score (nSPS) is 10.3. The third kappa shape index (κ3) is 2.34. The van der Waals surface area contributed by atoms with Crippen molar-refractivity contribution < 1.29 is 13.7 Å². The standard InChI is InChI=1S/C12H10FNO2/c13-10-5-3-9(4-6-10)12-8-11(16-14-12)2-1-7-15/h3-8H,1-2H2. The van der Waals surface area contributed by atoms with Gasteiger partial charge in [-0.15, -0.1) is 0 Å². The predicted octanol–water partition coefficient (Wildman–Crippen LogP) is 2.61. The molecule has 1 heterocycles. The molecule has 0 aliphatic heterocycles. The molecule has 0 saturated heterocycles. The summed E-state index contributed by atoms with van der Waals surface area (Å²) in [7, 11) is 0. The summed E-state index contributed by atoms with van der Waals surface area (Å²) in [6.45, 7) is 0. The van der Waals surface area contributed by atoms with E-state index in [0.29, 0.717) is 24.3 Å². The van der Waals surface area contributed by atoms with E-state index in [-0.39, 0.29) is 5.82 Å². The fourth-order valence-corrected chi connectivity index (χ4v) is 1.39. The lowest BCUT2D eigenvalue weighted by molar-refractivity contribution is -0.107. The van der Waals surface area contributed by atoms with Crippen molar-refractivity contribution in [2.45, 2.75) is 12.8 Å². The molecule has 0 amide bonds. The van der Waals surface area contributed by atoms with Crippen molar-refractivity contribution in [1.82, 2.24) is 5.16 Å². The quantitative estimate of drug-likeness (QED) is 0.742. The molecule has 0 saturated carbocycles. The van der Waals surface area contributed by atoms with Crippen LogP contribution in [-0.4, -0.2) is 11.4 Å². The van der Waals surface area contributed by atoms with E-state index in [1.54, 1.807) is 18.2 Å². The maximum atomic E-state index is 12.7. The molecule has 16 heavy (non-hydrogen) atoms. The van der Waals surface area contributed by atoms with Gasteiger partial charge in [-0.1, -0.05) is 5.16 Å². The predicted molar refractivity (Wildman–Crippen MR) is 56.3 cm³/mol. The molecule has 0 aliphatic rings. The topological polar surface area (TPSA) is 43.1 Å². The minimum atomic E-state index is -0.284. The van der Waals surface area contributed by atoms with Gasteiger partial charge in [-0.3, -0.25) is 0 Å². The third-order valence-electron chi connectivity index (χ3n) is 2.21. The van der Waals surface area contributed by atoms with E-state index in [2.05, 4.69) is 5.16 Å². The van der Waals surface area contributed by atoms with E-state index >= 15 is 0 Å². The van der Waals surface area contributed by atoms with Gasteiger partial charge in [0, 0.05) is 24.5 Å². The number of hydrogen-bond donors (Lipinski definition) is 0. The molecule has 0 spiro atoms. The smallest absolute Gasteiger partial charge is 0.137 e. The van der Waals surface area contributed by atoms with Crippen molar-refractivity contribution in [3.05, 3.63) is 41.9 Å². The third-order valence-corrected chi connectivity index (χ3v) is 2.21. The van der Waals surface area contributed by atoms with Crippen LogP contribution in [0.1, 0.15) is 12.2 Å². The van der Waals surface area contributed by atoms with Gasteiger partial charge in [0.05, 0.1) is 0 Å². The molecule has 4 heteroatoms. The Hall–Kier alpha value is -1.97. The number of halogens is 1. The highest BCUT2D eigenvalue weighted by molar-refractivity contribution is 5.58. The molecule has 0 atom stereocenters. The van der Waals surface area contributed by atoms with Gasteiger partial charge in [0.1, 0.15) is 23.6 Å². The van der Waals surface area contributed by atoms with Gasteiger partial charge in [0.15, 0.2) is 0 Å².